The Labute approximate surface area is 95.9 Å². The highest BCUT2D eigenvalue weighted by Gasteiger charge is 2.29. The van der Waals surface area contributed by atoms with Gasteiger partial charge in [-0.2, -0.15) is 0 Å². The maximum absolute atomic E-state index is 6.32. The molecule has 2 aromatic carbocycles. The van der Waals surface area contributed by atoms with Crippen molar-refractivity contribution in [1.29, 1.82) is 0 Å². The van der Waals surface area contributed by atoms with E-state index in [-0.39, 0.29) is 6.04 Å². The molecular weight excluding hydrogens is 194 g/mol. The van der Waals surface area contributed by atoms with Crippen molar-refractivity contribution in [3.8, 4) is 0 Å². The molecule has 1 aliphatic carbocycles. The Morgan fingerprint density at radius 3 is 2.31 bits per heavy atom. The topological polar surface area (TPSA) is 26.0 Å². The first-order chi connectivity index (χ1) is 7.86. The van der Waals surface area contributed by atoms with Gasteiger partial charge in [-0.25, -0.2) is 0 Å². The van der Waals surface area contributed by atoms with Gasteiger partial charge in [-0.05, 0) is 23.1 Å². The van der Waals surface area contributed by atoms with Crippen molar-refractivity contribution in [2.45, 2.75) is 18.4 Å². The zero-order valence-corrected chi connectivity index (χ0v) is 9.14. The second-order valence-corrected chi connectivity index (χ2v) is 4.45. The fourth-order valence-corrected chi connectivity index (χ4v) is 2.65. The molecule has 16 heavy (non-hydrogen) atoms. The summed E-state index contributed by atoms with van der Waals surface area (Å²) >= 11 is 0. The standard InChI is InChI=1S/C15H15N/c16-15-13-9-5-4-8-12(13)10-14(15)11-6-2-1-3-7-11/h1-9,14-15H,10,16H2. The normalized spacial score (nSPS) is 23.1. The van der Waals surface area contributed by atoms with E-state index in [9.17, 15) is 0 Å². The maximum Gasteiger partial charge on any atom is 0.0370 e. The van der Waals surface area contributed by atoms with E-state index in [1.807, 2.05) is 0 Å². The van der Waals surface area contributed by atoms with Crippen LogP contribution in [0.1, 0.15) is 28.7 Å². The van der Waals surface area contributed by atoms with Crippen LogP contribution in [0.25, 0.3) is 0 Å². The first-order valence-corrected chi connectivity index (χ1v) is 5.74. The molecule has 3 rings (SSSR count). The zero-order chi connectivity index (χ0) is 11.0. The monoisotopic (exact) mass is 209 g/mol. The Bertz CT molecular complexity index is 490. The van der Waals surface area contributed by atoms with Gasteiger partial charge in [0.15, 0.2) is 0 Å². The smallest absolute Gasteiger partial charge is 0.0370 e. The Morgan fingerprint density at radius 1 is 0.875 bits per heavy atom. The van der Waals surface area contributed by atoms with Gasteiger partial charge in [0, 0.05) is 12.0 Å². The molecule has 2 aromatic rings. The van der Waals surface area contributed by atoms with Gasteiger partial charge in [-0.3, -0.25) is 0 Å². The van der Waals surface area contributed by atoms with E-state index < -0.39 is 0 Å². The van der Waals surface area contributed by atoms with Gasteiger partial charge in [-0.15, -0.1) is 0 Å². The molecule has 0 heterocycles. The minimum Gasteiger partial charge on any atom is -0.323 e. The number of rotatable bonds is 1. The molecule has 2 unspecified atom stereocenters. The lowest BCUT2D eigenvalue weighted by Gasteiger charge is -2.16. The molecule has 2 atom stereocenters. The van der Waals surface area contributed by atoms with Gasteiger partial charge in [-0.1, -0.05) is 54.6 Å². The number of hydrogen-bond donors (Lipinski definition) is 1. The molecular formula is C15H15N. The van der Waals surface area contributed by atoms with Crippen LogP contribution in [0.15, 0.2) is 54.6 Å². The van der Waals surface area contributed by atoms with Crippen LogP contribution in [-0.2, 0) is 6.42 Å². The van der Waals surface area contributed by atoms with Crippen LogP contribution in [0.3, 0.4) is 0 Å². The third-order valence-corrected chi connectivity index (χ3v) is 3.52. The molecule has 80 valence electrons. The van der Waals surface area contributed by atoms with E-state index in [1.54, 1.807) is 0 Å². The highest BCUT2D eigenvalue weighted by Crippen LogP contribution is 2.40. The summed E-state index contributed by atoms with van der Waals surface area (Å²) in [6.07, 6.45) is 1.07. The Balaban J connectivity index is 1.99. The van der Waals surface area contributed by atoms with E-state index in [2.05, 4.69) is 54.6 Å². The van der Waals surface area contributed by atoms with Crippen molar-refractivity contribution in [3.05, 3.63) is 71.3 Å². The third kappa shape index (κ3) is 1.44. The van der Waals surface area contributed by atoms with Crippen molar-refractivity contribution in [3.63, 3.8) is 0 Å². The first kappa shape index (κ1) is 9.61. The maximum atomic E-state index is 6.32. The lowest BCUT2D eigenvalue weighted by molar-refractivity contribution is 0.603. The second-order valence-electron chi connectivity index (χ2n) is 4.45. The quantitative estimate of drug-likeness (QED) is 0.767. The minimum absolute atomic E-state index is 0.151. The predicted octanol–water partition coefficient (Wildman–Crippen LogP) is 3.03. The van der Waals surface area contributed by atoms with Crippen LogP contribution in [0.4, 0.5) is 0 Å². The van der Waals surface area contributed by atoms with E-state index in [0.29, 0.717) is 5.92 Å². The molecule has 0 spiro atoms. The van der Waals surface area contributed by atoms with E-state index in [1.165, 1.54) is 16.7 Å². The molecule has 0 fully saturated rings. The van der Waals surface area contributed by atoms with Gasteiger partial charge in [0.25, 0.3) is 0 Å². The van der Waals surface area contributed by atoms with E-state index in [4.69, 9.17) is 5.73 Å². The summed E-state index contributed by atoms with van der Waals surface area (Å²) in [7, 11) is 0. The zero-order valence-electron chi connectivity index (χ0n) is 9.14. The lowest BCUT2D eigenvalue weighted by Crippen LogP contribution is -2.15. The van der Waals surface area contributed by atoms with E-state index in [0.717, 1.165) is 6.42 Å². The summed E-state index contributed by atoms with van der Waals surface area (Å²) in [6, 6.07) is 19.3. The molecule has 0 aliphatic heterocycles. The molecule has 1 heteroatoms. The predicted molar refractivity (Wildman–Crippen MR) is 66.3 cm³/mol. The van der Waals surface area contributed by atoms with Gasteiger partial charge >= 0.3 is 0 Å². The fourth-order valence-electron chi connectivity index (χ4n) is 2.65. The third-order valence-electron chi connectivity index (χ3n) is 3.52. The highest BCUT2D eigenvalue weighted by atomic mass is 14.7. The van der Waals surface area contributed by atoms with Crippen LogP contribution >= 0.6 is 0 Å². The van der Waals surface area contributed by atoms with Crippen molar-refractivity contribution in [2.24, 2.45) is 5.73 Å². The Kier molecular flexibility index (Phi) is 2.26. The summed E-state index contributed by atoms with van der Waals surface area (Å²) in [5.74, 6) is 0.443. The van der Waals surface area contributed by atoms with Crippen LogP contribution in [0.2, 0.25) is 0 Å². The molecule has 0 saturated carbocycles. The van der Waals surface area contributed by atoms with E-state index >= 15 is 0 Å². The fraction of sp³-hybridized carbons (Fsp3) is 0.200. The van der Waals surface area contributed by atoms with Crippen LogP contribution in [0.5, 0.6) is 0 Å². The number of hydrogen-bond acceptors (Lipinski definition) is 1. The largest absolute Gasteiger partial charge is 0.323 e. The van der Waals surface area contributed by atoms with Crippen molar-refractivity contribution < 1.29 is 0 Å². The van der Waals surface area contributed by atoms with Gasteiger partial charge in [0.05, 0.1) is 0 Å². The molecule has 0 bridgehead atoms. The summed E-state index contributed by atoms with van der Waals surface area (Å²) in [5.41, 5.74) is 10.4. The molecule has 1 aliphatic rings. The van der Waals surface area contributed by atoms with Crippen LogP contribution in [-0.4, -0.2) is 0 Å². The second kappa shape index (κ2) is 3.76. The van der Waals surface area contributed by atoms with Crippen molar-refractivity contribution >= 4 is 0 Å². The highest BCUT2D eigenvalue weighted by molar-refractivity contribution is 5.40. The Hall–Kier alpha value is -1.60. The molecule has 0 amide bonds. The average Bonchev–Trinajstić information content (AvgIpc) is 2.69. The van der Waals surface area contributed by atoms with Crippen LogP contribution in [0, 0.1) is 0 Å². The summed E-state index contributed by atoms with van der Waals surface area (Å²) in [5, 5.41) is 0. The van der Waals surface area contributed by atoms with Gasteiger partial charge in [0.2, 0.25) is 0 Å². The number of benzene rings is 2. The first-order valence-electron chi connectivity index (χ1n) is 5.74. The SMILES string of the molecule is NC1c2ccccc2CC1c1ccccc1. The summed E-state index contributed by atoms with van der Waals surface area (Å²) in [4.78, 5) is 0. The van der Waals surface area contributed by atoms with Gasteiger partial charge in [0.1, 0.15) is 0 Å². The molecule has 0 saturated heterocycles. The van der Waals surface area contributed by atoms with Crippen LogP contribution < -0.4 is 5.73 Å². The molecule has 1 nitrogen and oxygen atoms in total. The molecule has 0 radical (unpaired) electrons. The van der Waals surface area contributed by atoms with Crippen molar-refractivity contribution in [2.75, 3.05) is 0 Å². The number of nitrogens with two attached hydrogens (primary N) is 1. The number of fused-ring (bicyclic) bond motifs is 1. The Morgan fingerprint density at radius 2 is 1.56 bits per heavy atom. The van der Waals surface area contributed by atoms with Gasteiger partial charge < -0.3 is 5.73 Å². The minimum atomic E-state index is 0.151. The molecule has 0 aromatic heterocycles. The average molecular weight is 209 g/mol. The summed E-state index contributed by atoms with van der Waals surface area (Å²) < 4.78 is 0. The van der Waals surface area contributed by atoms with Crippen molar-refractivity contribution in [1.82, 2.24) is 0 Å². The lowest BCUT2D eigenvalue weighted by atomic mass is 9.93. The molecule has 2 N–H and O–H groups in total. The summed E-state index contributed by atoms with van der Waals surface area (Å²) in [6.45, 7) is 0.